The van der Waals surface area contributed by atoms with Gasteiger partial charge in [-0.1, -0.05) is 0 Å². The number of hydrogen-bond donors (Lipinski definition) is 0. The van der Waals surface area contributed by atoms with Crippen molar-refractivity contribution in [2.45, 2.75) is 45.1 Å². The zero-order valence-electron chi connectivity index (χ0n) is 13.5. The minimum Gasteiger partial charge on any atom is -0.381 e. The van der Waals surface area contributed by atoms with E-state index in [1.54, 1.807) is 0 Å². The fourth-order valence-corrected chi connectivity index (χ4v) is 4.35. The first-order chi connectivity index (χ1) is 10.3. The molecule has 0 N–H and O–H groups in total. The first-order valence-electron chi connectivity index (χ1n) is 8.82. The van der Waals surface area contributed by atoms with Gasteiger partial charge in [0.25, 0.3) is 0 Å². The van der Waals surface area contributed by atoms with Crippen molar-refractivity contribution >= 4 is 0 Å². The number of piperidine rings is 1. The summed E-state index contributed by atoms with van der Waals surface area (Å²) in [4.78, 5) is 2.68. The molecule has 0 amide bonds. The van der Waals surface area contributed by atoms with Gasteiger partial charge in [-0.3, -0.25) is 0 Å². The number of likely N-dealkylation sites (tertiary alicyclic amines) is 1. The van der Waals surface area contributed by atoms with Crippen LogP contribution in [-0.4, -0.2) is 63.7 Å². The first kappa shape index (κ1) is 15.7. The van der Waals surface area contributed by atoms with Crippen LogP contribution < -0.4 is 0 Å². The SMILES string of the molecule is CCOC[C@]12CCCO[C@@H]1CCN(CC1CCOCC1)C2. The van der Waals surface area contributed by atoms with Crippen LogP contribution in [0.4, 0.5) is 0 Å². The molecule has 21 heavy (non-hydrogen) atoms. The van der Waals surface area contributed by atoms with Crippen molar-refractivity contribution in [1.82, 2.24) is 4.90 Å². The van der Waals surface area contributed by atoms with E-state index >= 15 is 0 Å². The predicted molar refractivity (Wildman–Crippen MR) is 82.5 cm³/mol. The van der Waals surface area contributed by atoms with Crippen molar-refractivity contribution in [2.75, 3.05) is 52.7 Å². The van der Waals surface area contributed by atoms with Crippen molar-refractivity contribution in [3.63, 3.8) is 0 Å². The van der Waals surface area contributed by atoms with Gasteiger partial charge in [0.2, 0.25) is 0 Å². The molecule has 3 heterocycles. The highest BCUT2D eigenvalue weighted by Crippen LogP contribution is 2.40. The lowest BCUT2D eigenvalue weighted by molar-refractivity contribution is -0.154. The maximum Gasteiger partial charge on any atom is 0.0677 e. The minimum absolute atomic E-state index is 0.248. The number of ether oxygens (including phenoxy) is 3. The van der Waals surface area contributed by atoms with E-state index in [0.29, 0.717) is 6.10 Å². The Bertz CT molecular complexity index is 319. The Kier molecular flexibility index (Phi) is 5.54. The highest BCUT2D eigenvalue weighted by molar-refractivity contribution is 4.97. The van der Waals surface area contributed by atoms with Crippen LogP contribution >= 0.6 is 0 Å². The molecular weight excluding hydrogens is 266 g/mol. The molecule has 3 fully saturated rings. The summed E-state index contributed by atoms with van der Waals surface area (Å²) in [6.45, 7) is 10.2. The molecule has 2 atom stereocenters. The quantitative estimate of drug-likeness (QED) is 0.779. The molecule has 3 saturated heterocycles. The summed E-state index contributed by atoms with van der Waals surface area (Å²) in [5.74, 6) is 0.823. The molecule has 3 rings (SSSR count). The summed E-state index contributed by atoms with van der Waals surface area (Å²) in [6, 6.07) is 0. The summed E-state index contributed by atoms with van der Waals surface area (Å²) >= 11 is 0. The first-order valence-corrected chi connectivity index (χ1v) is 8.82. The molecule has 0 aromatic carbocycles. The highest BCUT2D eigenvalue weighted by Gasteiger charge is 2.46. The third-order valence-electron chi connectivity index (χ3n) is 5.52. The van der Waals surface area contributed by atoms with Crippen LogP contribution in [0.2, 0.25) is 0 Å². The van der Waals surface area contributed by atoms with Gasteiger partial charge < -0.3 is 19.1 Å². The van der Waals surface area contributed by atoms with Crippen LogP contribution in [0.15, 0.2) is 0 Å². The summed E-state index contributed by atoms with van der Waals surface area (Å²) in [5.41, 5.74) is 0.248. The van der Waals surface area contributed by atoms with E-state index < -0.39 is 0 Å². The fourth-order valence-electron chi connectivity index (χ4n) is 4.35. The lowest BCUT2D eigenvalue weighted by Crippen LogP contribution is -2.57. The number of fused-ring (bicyclic) bond motifs is 1. The third kappa shape index (κ3) is 3.79. The number of rotatable bonds is 5. The van der Waals surface area contributed by atoms with Crippen molar-refractivity contribution in [1.29, 1.82) is 0 Å². The minimum atomic E-state index is 0.248. The average Bonchev–Trinajstić information content (AvgIpc) is 2.54. The Morgan fingerprint density at radius 2 is 2.05 bits per heavy atom. The molecule has 0 aromatic heterocycles. The summed E-state index contributed by atoms with van der Waals surface area (Å²) < 4.78 is 17.4. The zero-order valence-corrected chi connectivity index (χ0v) is 13.5. The van der Waals surface area contributed by atoms with Gasteiger partial charge in [0, 0.05) is 51.5 Å². The van der Waals surface area contributed by atoms with Crippen LogP contribution in [0.3, 0.4) is 0 Å². The van der Waals surface area contributed by atoms with Gasteiger partial charge in [0.05, 0.1) is 12.7 Å². The standard InChI is InChI=1S/C17H31NO3/c1-2-19-14-17-7-3-9-21-16(17)4-8-18(13-17)12-15-5-10-20-11-6-15/h15-16H,2-14H2,1H3/t16-,17-/m1/s1. The maximum atomic E-state index is 6.09. The van der Waals surface area contributed by atoms with Crippen molar-refractivity contribution in [3.05, 3.63) is 0 Å². The summed E-state index contributed by atoms with van der Waals surface area (Å²) in [5, 5.41) is 0. The molecule has 0 spiro atoms. The number of hydrogen-bond acceptors (Lipinski definition) is 4. The smallest absolute Gasteiger partial charge is 0.0677 e. The molecule has 4 nitrogen and oxygen atoms in total. The molecule has 4 heteroatoms. The molecule has 3 aliphatic heterocycles. The Morgan fingerprint density at radius 1 is 1.19 bits per heavy atom. The van der Waals surface area contributed by atoms with Crippen LogP contribution in [0.5, 0.6) is 0 Å². The number of nitrogens with zero attached hydrogens (tertiary/aromatic N) is 1. The average molecular weight is 297 g/mol. The second kappa shape index (κ2) is 7.40. The van der Waals surface area contributed by atoms with Gasteiger partial charge in [-0.25, -0.2) is 0 Å². The largest absolute Gasteiger partial charge is 0.381 e. The topological polar surface area (TPSA) is 30.9 Å². The van der Waals surface area contributed by atoms with Crippen LogP contribution in [0.25, 0.3) is 0 Å². The van der Waals surface area contributed by atoms with E-state index in [2.05, 4.69) is 11.8 Å². The Labute approximate surface area is 129 Å². The van der Waals surface area contributed by atoms with Gasteiger partial charge in [0.1, 0.15) is 0 Å². The van der Waals surface area contributed by atoms with Crippen LogP contribution in [-0.2, 0) is 14.2 Å². The molecule has 3 aliphatic rings. The highest BCUT2D eigenvalue weighted by atomic mass is 16.5. The van der Waals surface area contributed by atoms with Gasteiger partial charge in [0.15, 0.2) is 0 Å². The monoisotopic (exact) mass is 297 g/mol. The summed E-state index contributed by atoms with van der Waals surface area (Å²) in [6.07, 6.45) is 6.51. The second-order valence-electron chi connectivity index (χ2n) is 7.04. The van der Waals surface area contributed by atoms with E-state index in [1.165, 1.54) is 45.2 Å². The Hall–Kier alpha value is -0.160. The zero-order chi connectivity index (χ0) is 14.5. The third-order valence-corrected chi connectivity index (χ3v) is 5.52. The maximum absolute atomic E-state index is 6.09. The van der Waals surface area contributed by atoms with E-state index in [4.69, 9.17) is 14.2 Å². The van der Waals surface area contributed by atoms with Gasteiger partial charge in [-0.2, -0.15) is 0 Å². The molecule has 0 bridgehead atoms. The molecule has 0 radical (unpaired) electrons. The van der Waals surface area contributed by atoms with Crippen LogP contribution in [0.1, 0.15) is 39.0 Å². The van der Waals surface area contributed by atoms with Crippen molar-refractivity contribution in [3.8, 4) is 0 Å². The van der Waals surface area contributed by atoms with Gasteiger partial charge >= 0.3 is 0 Å². The van der Waals surface area contributed by atoms with E-state index in [-0.39, 0.29) is 5.41 Å². The molecule has 0 unspecified atom stereocenters. The van der Waals surface area contributed by atoms with Gasteiger partial charge in [-0.15, -0.1) is 0 Å². The normalized spacial score (nSPS) is 35.6. The van der Waals surface area contributed by atoms with Gasteiger partial charge in [-0.05, 0) is 44.9 Å². The second-order valence-corrected chi connectivity index (χ2v) is 7.04. The van der Waals surface area contributed by atoms with Crippen molar-refractivity contribution < 1.29 is 14.2 Å². The van der Waals surface area contributed by atoms with E-state index in [9.17, 15) is 0 Å². The van der Waals surface area contributed by atoms with E-state index in [0.717, 1.165) is 45.5 Å². The Morgan fingerprint density at radius 3 is 2.86 bits per heavy atom. The Balaban J connectivity index is 1.60. The fraction of sp³-hybridized carbons (Fsp3) is 1.00. The molecule has 122 valence electrons. The summed E-state index contributed by atoms with van der Waals surface area (Å²) in [7, 11) is 0. The molecular formula is C17H31NO3. The molecule has 0 saturated carbocycles. The lowest BCUT2D eigenvalue weighted by Gasteiger charge is -2.51. The van der Waals surface area contributed by atoms with E-state index in [1.807, 2.05) is 0 Å². The lowest BCUT2D eigenvalue weighted by atomic mass is 9.72. The molecule has 0 aliphatic carbocycles. The molecule has 0 aromatic rings. The van der Waals surface area contributed by atoms with Crippen molar-refractivity contribution in [2.24, 2.45) is 11.3 Å². The predicted octanol–water partition coefficient (Wildman–Crippen LogP) is 2.32. The van der Waals surface area contributed by atoms with Crippen LogP contribution in [0, 0.1) is 11.3 Å².